The molecular weight excluding hydrogens is 152 g/mol. The van der Waals surface area contributed by atoms with E-state index in [0.29, 0.717) is 24.9 Å². The Morgan fingerprint density at radius 2 is 1.67 bits per heavy atom. The first-order valence-electron chi connectivity index (χ1n) is 4.79. The molecule has 0 aliphatic heterocycles. The fourth-order valence-electron chi connectivity index (χ4n) is 0.888. The first-order chi connectivity index (χ1) is 5.52. The van der Waals surface area contributed by atoms with E-state index in [0.717, 1.165) is 6.42 Å². The van der Waals surface area contributed by atoms with E-state index in [9.17, 15) is 5.11 Å². The second-order valence-corrected chi connectivity index (χ2v) is 4.11. The molecule has 0 saturated heterocycles. The van der Waals surface area contributed by atoms with Crippen LogP contribution in [0.3, 0.4) is 0 Å². The minimum absolute atomic E-state index is 0.437. The summed E-state index contributed by atoms with van der Waals surface area (Å²) in [7, 11) is 0. The topological polar surface area (TPSA) is 29.1 Å². The number of rotatable bonds is 6. The maximum atomic E-state index is 11.1. The molecule has 12 heavy (non-hydrogen) atoms. The second kappa shape index (κ2) is 6.44. The Morgan fingerprint density at radius 3 is 2.08 bits per heavy atom. The fraction of sp³-hybridized carbons (Fsp3) is 1.00. The van der Waals surface area contributed by atoms with Crippen molar-refractivity contribution in [2.24, 2.45) is 11.8 Å². The van der Waals surface area contributed by atoms with Crippen molar-refractivity contribution in [2.45, 2.75) is 46.8 Å². The molecule has 0 rings (SSSR count). The van der Waals surface area contributed by atoms with Crippen molar-refractivity contribution in [2.75, 3.05) is 6.61 Å². The minimum atomic E-state index is -0.816. The highest BCUT2D eigenvalue weighted by Crippen LogP contribution is 2.07. The van der Waals surface area contributed by atoms with Crippen molar-refractivity contribution in [3.63, 3.8) is 0 Å². The van der Waals surface area contributed by atoms with Crippen LogP contribution in [0.25, 0.3) is 0 Å². The van der Waals surface area contributed by atoms with Crippen LogP contribution in [0.1, 0.15) is 40.5 Å². The van der Waals surface area contributed by atoms with E-state index in [1.54, 1.807) is 0 Å². The maximum Gasteiger partial charge on any atom is 0.191 e. The number of hydrogen-bond acceptors (Lipinski definition) is 1. The third-order valence-corrected chi connectivity index (χ3v) is 1.66. The van der Waals surface area contributed by atoms with Gasteiger partial charge in [0, 0.05) is 6.42 Å². The molecule has 0 aromatic rings. The van der Waals surface area contributed by atoms with Gasteiger partial charge < -0.3 is 4.74 Å². The van der Waals surface area contributed by atoms with Crippen LogP contribution in [0.2, 0.25) is 0 Å². The van der Waals surface area contributed by atoms with Crippen LogP contribution in [-0.4, -0.2) is 12.9 Å². The van der Waals surface area contributed by atoms with E-state index in [1.807, 2.05) is 13.8 Å². The summed E-state index contributed by atoms with van der Waals surface area (Å²) < 4.78 is 5.11. The lowest BCUT2D eigenvalue weighted by Gasteiger charge is -2.12. The third-order valence-electron chi connectivity index (χ3n) is 1.66. The van der Waals surface area contributed by atoms with Crippen LogP contribution in [-0.2, 0) is 9.84 Å². The first kappa shape index (κ1) is 11.9. The van der Waals surface area contributed by atoms with E-state index in [4.69, 9.17) is 4.74 Å². The average molecular weight is 173 g/mol. The van der Waals surface area contributed by atoms with E-state index in [2.05, 4.69) is 13.8 Å². The zero-order chi connectivity index (χ0) is 9.56. The van der Waals surface area contributed by atoms with E-state index in [1.165, 1.54) is 0 Å². The number of ether oxygens (including phenoxy) is 1. The number of hydrogen-bond donors (Lipinski definition) is 0. The van der Waals surface area contributed by atoms with Crippen molar-refractivity contribution < 1.29 is 9.84 Å². The minimum Gasteiger partial charge on any atom is -0.350 e. The quantitative estimate of drug-likeness (QED) is 0.568. The van der Waals surface area contributed by atoms with Gasteiger partial charge >= 0.3 is 0 Å². The molecule has 0 saturated carbocycles. The largest absolute Gasteiger partial charge is 0.350 e. The van der Waals surface area contributed by atoms with Crippen molar-refractivity contribution >= 4 is 0 Å². The summed E-state index contributed by atoms with van der Waals surface area (Å²) in [6, 6.07) is 0. The van der Waals surface area contributed by atoms with Gasteiger partial charge in [-0.05, 0) is 18.3 Å². The van der Waals surface area contributed by atoms with E-state index >= 15 is 0 Å². The van der Waals surface area contributed by atoms with Gasteiger partial charge in [-0.3, -0.25) is 0 Å². The SMILES string of the molecule is CC(C)CCOC([O])CC(C)C. The lowest BCUT2D eigenvalue weighted by molar-refractivity contribution is -0.150. The summed E-state index contributed by atoms with van der Waals surface area (Å²) in [5.41, 5.74) is 0. The monoisotopic (exact) mass is 173 g/mol. The highest BCUT2D eigenvalue weighted by molar-refractivity contribution is 4.49. The highest BCUT2D eigenvalue weighted by Gasteiger charge is 2.08. The van der Waals surface area contributed by atoms with Gasteiger partial charge in [-0.15, -0.1) is 0 Å². The van der Waals surface area contributed by atoms with Gasteiger partial charge in [0.05, 0.1) is 6.61 Å². The Hall–Kier alpha value is -0.0800. The molecule has 0 aromatic heterocycles. The summed E-state index contributed by atoms with van der Waals surface area (Å²) in [4.78, 5) is 0. The lowest BCUT2D eigenvalue weighted by Crippen LogP contribution is -2.14. The summed E-state index contributed by atoms with van der Waals surface area (Å²) in [6.45, 7) is 8.95. The van der Waals surface area contributed by atoms with Crippen LogP contribution >= 0.6 is 0 Å². The molecule has 0 N–H and O–H groups in total. The molecule has 0 aromatic carbocycles. The first-order valence-corrected chi connectivity index (χ1v) is 4.79. The van der Waals surface area contributed by atoms with Crippen molar-refractivity contribution in [1.29, 1.82) is 0 Å². The molecule has 0 heterocycles. The second-order valence-electron chi connectivity index (χ2n) is 4.11. The Morgan fingerprint density at radius 1 is 1.08 bits per heavy atom. The molecule has 2 nitrogen and oxygen atoms in total. The molecule has 2 heteroatoms. The molecule has 73 valence electrons. The molecule has 0 amide bonds. The molecule has 0 aliphatic carbocycles. The van der Waals surface area contributed by atoms with Crippen LogP contribution in [0.5, 0.6) is 0 Å². The standard InChI is InChI=1S/C10H21O2/c1-8(2)5-6-12-10(11)7-9(3)4/h8-10H,5-7H2,1-4H3. The Kier molecular flexibility index (Phi) is 6.39. The lowest BCUT2D eigenvalue weighted by atomic mass is 10.1. The molecule has 0 bridgehead atoms. The van der Waals surface area contributed by atoms with Crippen LogP contribution in [0, 0.1) is 11.8 Å². The van der Waals surface area contributed by atoms with E-state index < -0.39 is 6.29 Å². The van der Waals surface area contributed by atoms with E-state index in [-0.39, 0.29) is 0 Å². The molecule has 0 fully saturated rings. The highest BCUT2D eigenvalue weighted by atomic mass is 16.6. The third kappa shape index (κ3) is 8.02. The van der Waals surface area contributed by atoms with Gasteiger partial charge in [0.2, 0.25) is 0 Å². The van der Waals surface area contributed by atoms with Gasteiger partial charge in [0.15, 0.2) is 6.29 Å². The van der Waals surface area contributed by atoms with Gasteiger partial charge in [0.25, 0.3) is 0 Å². The molecule has 1 atom stereocenters. The molecule has 0 spiro atoms. The smallest absolute Gasteiger partial charge is 0.191 e. The summed E-state index contributed by atoms with van der Waals surface area (Å²) in [5.74, 6) is 1.06. The van der Waals surface area contributed by atoms with Gasteiger partial charge in [-0.1, -0.05) is 27.7 Å². The summed E-state index contributed by atoms with van der Waals surface area (Å²) in [6.07, 6.45) is 0.790. The zero-order valence-electron chi connectivity index (χ0n) is 8.67. The normalized spacial score (nSPS) is 14.2. The van der Waals surface area contributed by atoms with Crippen molar-refractivity contribution in [1.82, 2.24) is 0 Å². The van der Waals surface area contributed by atoms with Gasteiger partial charge in [-0.25, -0.2) is 5.11 Å². The predicted octanol–water partition coefficient (Wildman–Crippen LogP) is 2.85. The predicted molar refractivity (Wildman–Crippen MR) is 49.3 cm³/mol. The van der Waals surface area contributed by atoms with Crippen LogP contribution in [0.4, 0.5) is 0 Å². The van der Waals surface area contributed by atoms with Gasteiger partial charge in [0.1, 0.15) is 0 Å². The maximum absolute atomic E-state index is 11.1. The zero-order valence-corrected chi connectivity index (χ0v) is 8.67. The van der Waals surface area contributed by atoms with Gasteiger partial charge in [-0.2, -0.15) is 0 Å². The van der Waals surface area contributed by atoms with Crippen LogP contribution in [0.15, 0.2) is 0 Å². The molecule has 1 radical (unpaired) electrons. The molecule has 1 unspecified atom stereocenters. The summed E-state index contributed by atoms with van der Waals surface area (Å²) >= 11 is 0. The fourth-order valence-corrected chi connectivity index (χ4v) is 0.888. The Bertz CT molecular complexity index is 100. The Balaban J connectivity index is 3.25. The molecule has 0 aliphatic rings. The van der Waals surface area contributed by atoms with Crippen LogP contribution < -0.4 is 0 Å². The molecular formula is C10H21O2. The average Bonchev–Trinajstić information content (AvgIpc) is 1.84. The van der Waals surface area contributed by atoms with Crippen molar-refractivity contribution in [3.8, 4) is 0 Å². The van der Waals surface area contributed by atoms with Crippen molar-refractivity contribution in [3.05, 3.63) is 0 Å². The Labute approximate surface area is 75.9 Å². The summed E-state index contributed by atoms with van der Waals surface area (Å²) in [5, 5.41) is 11.1.